The standard InChI is InChI=1S/C15H21ClN2O2/c1-20-14-7-6-11(9-12(14)16)18-15(19)8-10-4-2-3-5-13(10)17/h6-7,9-10,13H,2-5,8,17H2,1H3,(H,18,19). The summed E-state index contributed by atoms with van der Waals surface area (Å²) in [6.07, 6.45) is 4.88. The number of halogens is 1. The van der Waals surface area contributed by atoms with Crippen molar-refractivity contribution >= 4 is 23.2 Å². The van der Waals surface area contributed by atoms with Crippen molar-refractivity contribution in [1.82, 2.24) is 0 Å². The molecule has 5 heteroatoms. The van der Waals surface area contributed by atoms with E-state index in [1.807, 2.05) is 0 Å². The molecule has 4 nitrogen and oxygen atoms in total. The van der Waals surface area contributed by atoms with Gasteiger partial charge in [0, 0.05) is 18.2 Å². The van der Waals surface area contributed by atoms with E-state index in [2.05, 4.69) is 5.32 Å². The molecule has 0 radical (unpaired) electrons. The van der Waals surface area contributed by atoms with Gasteiger partial charge in [-0.2, -0.15) is 0 Å². The van der Waals surface area contributed by atoms with Crippen LogP contribution >= 0.6 is 11.6 Å². The molecule has 1 saturated carbocycles. The normalized spacial score (nSPS) is 22.4. The number of carbonyl (C=O) groups excluding carboxylic acids is 1. The molecule has 0 aliphatic heterocycles. The van der Waals surface area contributed by atoms with Gasteiger partial charge < -0.3 is 15.8 Å². The van der Waals surface area contributed by atoms with Crippen LogP contribution in [0.25, 0.3) is 0 Å². The number of benzene rings is 1. The van der Waals surface area contributed by atoms with Gasteiger partial charge in [-0.3, -0.25) is 4.79 Å². The smallest absolute Gasteiger partial charge is 0.224 e. The fourth-order valence-corrected chi connectivity index (χ4v) is 2.94. The van der Waals surface area contributed by atoms with E-state index in [1.165, 1.54) is 12.8 Å². The van der Waals surface area contributed by atoms with E-state index in [0.29, 0.717) is 22.9 Å². The van der Waals surface area contributed by atoms with E-state index in [4.69, 9.17) is 22.1 Å². The van der Waals surface area contributed by atoms with Crippen LogP contribution in [-0.2, 0) is 4.79 Å². The van der Waals surface area contributed by atoms with E-state index in [0.717, 1.165) is 12.8 Å². The minimum atomic E-state index is -0.00594. The van der Waals surface area contributed by atoms with Crippen LogP contribution in [0, 0.1) is 5.92 Å². The third kappa shape index (κ3) is 3.87. The van der Waals surface area contributed by atoms with Crippen molar-refractivity contribution in [3.63, 3.8) is 0 Å². The molecule has 1 aromatic carbocycles. The fourth-order valence-electron chi connectivity index (χ4n) is 2.68. The number of anilines is 1. The van der Waals surface area contributed by atoms with E-state index in [9.17, 15) is 4.79 Å². The Balaban J connectivity index is 1.92. The van der Waals surface area contributed by atoms with Gasteiger partial charge in [-0.25, -0.2) is 0 Å². The summed E-state index contributed by atoms with van der Waals surface area (Å²) in [4.78, 5) is 12.1. The number of rotatable bonds is 4. The summed E-state index contributed by atoms with van der Waals surface area (Å²) in [5.41, 5.74) is 6.75. The molecular formula is C15H21ClN2O2. The van der Waals surface area contributed by atoms with Gasteiger partial charge in [0.15, 0.2) is 0 Å². The van der Waals surface area contributed by atoms with Crippen molar-refractivity contribution in [3.8, 4) is 5.75 Å². The van der Waals surface area contributed by atoms with Crippen LogP contribution in [0.4, 0.5) is 5.69 Å². The first kappa shape index (κ1) is 15.1. The van der Waals surface area contributed by atoms with Gasteiger partial charge in [-0.05, 0) is 37.0 Å². The summed E-state index contributed by atoms with van der Waals surface area (Å²) in [6.45, 7) is 0. The number of methoxy groups -OCH3 is 1. The Morgan fingerprint density at radius 3 is 2.85 bits per heavy atom. The van der Waals surface area contributed by atoms with E-state index in [-0.39, 0.29) is 17.9 Å². The highest BCUT2D eigenvalue weighted by molar-refractivity contribution is 6.32. The Morgan fingerprint density at radius 1 is 1.45 bits per heavy atom. The van der Waals surface area contributed by atoms with Gasteiger partial charge >= 0.3 is 0 Å². The first-order valence-corrected chi connectivity index (χ1v) is 7.37. The highest BCUT2D eigenvalue weighted by atomic mass is 35.5. The number of amides is 1. The van der Waals surface area contributed by atoms with Gasteiger partial charge in [0.1, 0.15) is 5.75 Å². The van der Waals surface area contributed by atoms with Crippen molar-refractivity contribution in [1.29, 1.82) is 0 Å². The van der Waals surface area contributed by atoms with E-state index >= 15 is 0 Å². The predicted octanol–water partition coefficient (Wildman–Crippen LogP) is 3.19. The molecule has 2 atom stereocenters. The van der Waals surface area contributed by atoms with Gasteiger partial charge in [0.25, 0.3) is 0 Å². The number of ether oxygens (including phenoxy) is 1. The van der Waals surface area contributed by atoms with Gasteiger partial charge in [-0.1, -0.05) is 24.4 Å². The van der Waals surface area contributed by atoms with E-state index in [1.54, 1.807) is 25.3 Å². The second-order valence-electron chi connectivity index (χ2n) is 5.31. The fraction of sp³-hybridized carbons (Fsp3) is 0.533. The van der Waals surface area contributed by atoms with Gasteiger partial charge in [0.2, 0.25) is 5.91 Å². The molecule has 1 aliphatic rings. The Kier molecular flexibility index (Phi) is 5.26. The monoisotopic (exact) mass is 296 g/mol. The number of carbonyl (C=O) groups is 1. The molecule has 3 N–H and O–H groups in total. The van der Waals surface area contributed by atoms with Crippen molar-refractivity contribution in [2.75, 3.05) is 12.4 Å². The Labute approximate surface area is 124 Å². The topological polar surface area (TPSA) is 64.3 Å². The number of nitrogens with two attached hydrogens (primary N) is 1. The van der Waals surface area contributed by atoms with Crippen LogP contribution in [0.15, 0.2) is 18.2 Å². The maximum Gasteiger partial charge on any atom is 0.224 e. The third-order valence-electron chi connectivity index (χ3n) is 3.85. The quantitative estimate of drug-likeness (QED) is 0.897. The second kappa shape index (κ2) is 6.95. The average Bonchev–Trinajstić information content (AvgIpc) is 2.41. The molecule has 0 heterocycles. The highest BCUT2D eigenvalue weighted by Gasteiger charge is 2.24. The summed E-state index contributed by atoms with van der Waals surface area (Å²) < 4.78 is 5.08. The average molecular weight is 297 g/mol. The lowest BCUT2D eigenvalue weighted by Gasteiger charge is -2.27. The third-order valence-corrected chi connectivity index (χ3v) is 4.15. The Bertz CT molecular complexity index is 479. The first-order valence-electron chi connectivity index (χ1n) is 6.99. The number of nitrogens with one attached hydrogen (secondary N) is 1. The molecule has 2 rings (SSSR count). The van der Waals surface area contributed by atoms with Gasteiger partial charge in [0.05, 0.1) is 12.1 Å². The molecule has 0 aromatic heterocycles. The number of hydrogen-bond donors (Lipinski definition) is 2. The first-order chi connectivity index (χ1) is 9.60. The molecule has 1 fully saturated rings. The minimum absolute atomic E-state index is 0.00594. The molecule has 0 spiro atoms. The van der Waals surface area contributed by atoms with Crippen molar-refractivity contribution in [2.24, 2.45) is 11.7 Å². The zero-order chi connectivity index (χ0) is 14.5. The summed E-state index contributed by atoms with van der Waals surface area (Å²) in [5, 5.41) is 3.35. The molecule has 20 heavy (non-hydrogen) atoms. The number of hydrogen-bond acceptors (Lipinski definition) is 3. The Hall–Kier alpha value is -1.26. The molecule has 1 aliphatic carbocycles. The van der Waals surface area contributed by atoms with E-state index < -0.39 is 0 Å². The SMILES string of the molecule is COc1ccc(NC(=O)CC2CCCCC2N)cc1Cl. The lowest BCUT2D eigenvalue weighted by molar-refractivity contribution is -0.117. The zero-order valence-electron chi connectivity index (χ0n) is 11.7. The van der Waals surface area contributed by atoms with Crippen LogP contribution < -0.4 is 15.8 Å². The summed E-state index contributed by atoms with van der Waals surface area (Å²) in [7, 11) is 1.56. The molecule has 110 valence electrons. The van der Waals surface area contributed by atoms with Crippen molar-refractivity contribution < 1.29 is 9.53 Å². The van der Waals surface area contributed by atoms with Crippen LogP contribution in [-0.4, -0.2) is 19.1 Å². The summed E-state index contributed by atoms with van der Waals surface area (Å²) >= 11 is 6.03. The molecular weight excluding hydrogens is 276 g/mol. The molecule has 1 aromatic rings. The predicted molar refractivity (Wildman–Crippen MR) is 81.2 cm³/mol. The molecule has 2 unspecified atom stereocenters. The molecule has 1 amide bonds. The van der Waals surface area contributed by atoms with Crippen LogP contribution in [0.1, 0.15) is 32.1 Å². The van der Waals surface area contributed by atoms with Crippen molar-refractivity contribution in [2.45, 2.75) is 38.1 Å². The zero-order valence-corrected chi connectivity index (χ0v) is 12.5. The highest BCUT2D eigenvalue weighted by Crippen LogP contribution is 2.28. The van der Waals surface area contributed by atoms with Crippen LogP contribution in [0.2, 0.25) is 5.02 Å². The molecule has 0 saturated heterocycles. The Morgan fingerprint density at radius 2 is 2.20 bits per heavy atom. The van der Waals surface area contributed by atoms with Crippen LogP contribution in [0.5, 0.6) is 5.75 Å². The maximum atomic E-state index is 12.1. The maximum absolute atomic E-state index is 12.1. The van der Waals surface area contributed by atoms with Gasteiger partial charge in [-0.15, -0.1) is 0 Å². The second-order valence-corrected chi connectivity index (χ2v) is 5.72. The summed E-state index contributed by atoms with van der Waals surface area (Å²) in [5.74, 6) is 0.880. The van der Waals surface area contributed by atoms with Crippen molar-refractivity contribution in [3.05, 3.63) is 23.2 Å². The largest absolute Gasteiger partial charge is 0.495 e. The molecule has 0 bridgehead atoms. The summed E-state index contributed by atoms with van der Waals surface area (Å²) in [6, 6.07) is 5.36. The lowest BCUT2D eigenvalue weighted by Crippen LogP contribution is -2.35. The minimum Gasteiger partial charge on any atom is -0.495 e. The van der Waals surface area contributed by atoms with Crippen LogP contribution in [0.3, 0.4) is 0 Å². The lowest BCUT2D eigenvalue weighted by atomic mass is 9.83.